The highest BCUT2D eigenvalue weighted by Gasteiger charge is 2.19. The van der Waals surface area contributed by atoms with Gasteiger partial charge in [0.25, 0.3) is 5.91 Å². The fraction of sp³-hybridized carbons (Fsp3) is 0.158. The van der Waals surface area contributed by atoms with Gasteiger partial charge in [0.1, 0.15) is 11.6 Å². The summed E-state index contributed by atoms with van der Waals surface area (Å²) in [6.07, 6.45) is 0.950. The van der Waals surface area contributed by atoms with Crippen LogP contribution in [0.1, 0.15) is 12.5 Å². The van der Waals surface area contributed by atoms with Gasteiger partial charge in [-0.15, -0.1) is 0 Å². The van der Waals surface area contributed by atoms with Gasteiger partial charge in [0, 0.05) is 16.1 Å². The first-order valence-electron chi connectivity index (χ1n) is 7.94. The predicted octanol–water partition coefficient (Wildman–Crippen LogP) is 4.77. The molecule has 0 heterocycles. The van der Waals surface area contributed by atoms with E-state index in [1.807, 2.05) is 0 Å². The third-order valence-corrected chi connectivity index (χ3v) is 3.87. The molecular formula is C19H15BrF3NO4. The van der Waals surface area contributed by atoms with Crippen LogP contribution in [0.25, 0.3) is 6.08 Å². The molecule has 0 aliphatic carbocycles. The number of para-hydroxylation sites is 2. The molecule has 1 atom stereocenters. The number of hydrogen-bond acceptors (Lipinski definition) is 4. The molecule has 0 radical (unpaired) electrons. The minimum absolute atomic E-state index is 0.00227. The lowest BCUT2D eigenvalue weighted by Gasteiger charge is -2.15. The van der Waals surface area contributed by atoms with Gasteiger partial charge in [-0.05, 0) is 43.3 Å². The van der Waals surface area contributed by atoms with Gasteiger partial charge in [-0.25, -0.2) is 9.18 Å². The SMILES string of the molecule is CC(OC(=O)/C=C/c1cc(Br)ccc1F)C(=O)Nc1ccccc1OC(F)F. The Morgan fingerprint density at radius 1 is 1.18 bits per heavy atom. The van der Waals surface area contributed by atoms with Gasteiger partial charge in [0.15, 0.2) is 6.10 Å². The summed E-state index contributed by atoms with van der Waals surface area (Å²) < 4.78 is 48.3. The van der Waals surface area contributed by atoms with E-state index in [4.69, 9.17) is 4.74 Å². The molecule has 0 aromatic heterocycles. The van der Waals surface area contributed by atoms with Crippen molar-refractivity contribution in [1.29, 1.82) is 0 Å². The molecule has 1 amide bonds. The average Bonchev–Trinajstić information content (AvgIpc) is 2.63. The Labute approximate surface area is 167 Å². The van der Waals surface area contributed by atoms with Crippen molar-refractivity contribution in [2.24, 2.45) is 0 Å². The van der Waals surface area contributed by atoms with E-state index in [0.29, 0.717) is 4.47 Å². The third kappa shape index (κ3) is 6.41. The summed E-state index contributed by atoms with van der Waals surface area (Å²) in [6, 6.07) is 9.79. The molecule has 2 rings (SSSR count). The lowest BCUT2D eigenvalue weighted by Crippen LogP contribution is -2.29. The van der Waals surface area contributed by atoms with E-state index in [-0.39, 0.29) is 17.0 Å². The highest BCUT2D eigenvalue weighted by molar-refractivity contribution is 9.10. The predicted molar refractivity (Wildman–Crippen MR) is 100 cm³/mol. The first kappa shape index (κ1) is 21.5. The summed E-state index contributed by atoms with van der Waals surface area (Å²) in [5, 5.41) is 2.35. The average molecular weight is 458 g/mol. The van der Waals surface area contributed by atoms with E-state index in [2.05, 4.69) is 26.0 Å². The fourth-order valence-electron chi connectivity index (χ4n) is 2.07. The number of esters is 1. The zero-order valence-corrected chi connectivity index (χ0v) is 16.1. The lowest BCUT2D eigenvalue weighted by atomic mass is 10.2. The summed E-state index contributed by atoms with van der Waals surface area (Å²) in [5.41, 5.74) is 0.156. The van der Waals surface area contributed by atoms with Gasteiger partial charge in [-0.1, -0.05) is 28.1 Å². The number of nitrogens with one attached hydrogen (secondary N) is 1. The molecule has 0 aliphatic heterocycles. The number of alkyl halides is 2. The maximum atomic E-state index is 13.6. The Balaban J connectivity index is 1.98. The highest BCUT2D eigenvalue weighted by atomic mass is 79.9. The van der Waals surface area contributed by atoms with E-state index in [1.54, 1.807) is 0 Å². The first-order valence-corrected chi connectivity index (χ1v) is 8.74. The number of carbonyl (C=O) groups is 2. The molecular weight excluding hydrogens is 443 g/mol. The number of hydrogen-bond donors (Lipinski definition) is 1. The molecule has 2 aromatic carbocycles. The zero-order valence-electron chi connectivity index (χ0n) is 14.5. The molecule has 9 heteroatoms. The van der Waals surface area contributed by atoms with Crippen molar-refractivity contribution < 1.29 is 32.2 Å². The van der Waals surface area contributed by atoms with E-state index in [9.17, 15) is 22.8 Å². The van der Waals surface area contributed by atoms with Crippen LogP contribution in [0.5, 0.6) is 5.75 Å². The zero-order chi connectivity index (χ0) is 20.7. The molecule has 1 N–H and O–H groups in total. The Kier molecular flexibility index (Phi) is 7.62. The van der Waals surface area contributed by atoms with Crippen LogP contribution in [0.3, 0.4) is 0 Å². The van der Waals surface area contributed by atoms with Crippen LogP contribution in [-0.2, 0) is 14.3 Å². The van der Waals surface area contributed by atoms with E-state index in [1.165, 1.54) is 55.5 Å². The second-order valence-corrected chi connectivity index (χ2v) is 6.36. The molecule has 148 valence electrons. The van der Waals surface area contributed by atoms with Gasteiger partial charge in [0.05, 0.1) is 5.69 Å². The number of anilines is 1. The van der Waals surface area contributed by atoms with Crippen molar-refractivity contribution in [3.63, 3.8) is 0 Å². The summed E-state index contributed by atoms with van der Waals surface area (Å²) in [5.74, 6) is -2.39. The number of benzene rings is 2. The highest BCUT2D eigenvalue weighted by Crippen LogP contribution is 2.25. The van der Waals surface area contributed by atoms with Gasteiger partial charge >= 0.3 is 12.6 Å². The van der Waals surface area contributed by atoms with Crippen LogP contribution >= 0.6 is 15.9 Å². The van der Waals surface area contributed by atoms with Crippen LogP contribution in [0.2, 0.25) is 0 Å². The molecule has 5 nitrogen and oxygen atoms in total. The summed E-state index contributed by atoms with van der Waals surface area (Å²) in [6.45, 7) is -1.76. The van der Waals surface area contributed by atoms with E-state index < -0.39 is 30.4 Å². The van der Waals surface area contributed by atoms with Crippen molar-refractivity contribution >= 4 is 39.6 Å². The summed E-state index contributed by atoms with van der Waals surface area (Å²) in [7, 11) is 0. The van der Waals surface area contributed by atoms with Gasteiger partial charge in [-0.3, -0.25) is 4.79 Å². The number of ether oxygens (including phenoxy) is 2. The van der Waals surface area contributed by atoms with Crippen LogP contribution < -0.4 is 10.1 Å². The third-order valence-electron chi connectivity index (χ3n) is 3.38. The van der Waals surface area contributed by atoms with E-state index in [0.717, 1.165) is 6.08 Å². The van der Waals surface area contributed by atoms with Crippen LogP contribution in [0.4, 0.5) is 18.9 Å². The maximum absolute atomic E-state index is 13.6. The topological polar surface area (TPSA) is 64.6 Å². The molecule has 28 heavy (non-hydrogen) atoms. The van der Waals surface area contributed by atoms with Gasteiger partial charge in [0.2, 0.25) is 0 Å². The molecule has 0 saturated heterocycles. The Morgan fingerprint density at radius 2 is 1.89 bits per heavy atom. The van der Waals surface area contributed by atoms with Crippen molar-refractivity contribution in [1.82, 2.24) is 0 Å². The smallest absolute Gasteiger partial charge is 0.387 e. The molecule has 0 aliphatic rings. The number of halogens is 4. The molecule has 1 unspecified atom stereocenters. The van der Waals surface area contributed by atoms with Crippen LogP contribution in [-0.4, -0.2) is 24.6 Å². The number of carbonyl (C=O) groups excluding carboxylic acids is 2. The number of amides is 1. The number of rotatable bonds is 7. The van der Waals surface area contributed by atoms with E-state index >= 15 is 0 Å². The summed E-state index contributed by atoms with van der Waals surface area (Å²) >= 11 is 3.19. The molecule has 0 spiro atoms. The Hall–Kier alpha value is -2.81. The van der Waals surface area contributed by atoms with Crippen molar-refractivity contribution in [2.75, 3.05) is 5.32 Å². The summed E-state index contributed by atoms with van der Waals surface area (Å²) in [4.78, 5) is 24.0. The largest absolute Gasteiger partial charge is 0.449 e. The first-order chi connectivity index (χ1) is 13.3. The van der Waals surface area contributed by atoms with Gasteiger partial charge < -0.3 is 14.8 Å². The van der Waals surface area contributed by atoms with Crippen molar-refractivity contribution in [3.05, 3.63) is 64.4 Å². The molecule has 0 fully saturated rings. The quantitative estimate of drug-likeness (QED) is 0.480. The molecule has 0 saturated carbocycles. The Morgan fingerprint density at radius 3 is 2.61 bits per heavy atom. The molecule has 2 aromatic rings. The minimum Gasteiger partial charge on any atom is -0.449 e. The fourth-order valence-corrected chi connectivity index (χ4v) is 2.45. The van der Waals surface area contributed by atoms with Crippen molar-refractivity contribution in [2.45, 2.75) is 19.6 Å². The normalized spacial score (nSPS) is 12.1. The lowest BCUT2D eigenvalue weighted by molar-refractivity contribution is -0.148. The van der Waals surface area contributed by atoms with Crippen LogP contribution in [0.15, 0.2) is 53.0 Å². The standard InChI is InChI=1S/C19H15BrF3NO4/c1-11(18(26)24-15-4-2-3-5-16(15)28-19(22)23)27-17(25)9-6-12-10-13(20)7-8-14(12)21/h2-11,19H,1H3,(H,24,26)/b9-6+. The second kappa shape index (κ2) is 9.93. The Bertz CT molecular complexity index is 889. The van der Waals surface area contributed by atoms with Crippen LogP contribution in [0, 0.1) is 5.82 Å². The second-order valence-electron chi connectivity index (χ2n) is 5.44. The minimum atomic E-state index is -3.06. The monoisotopic (exact) mass is 457 g/mol. The molecule has 0 bridgehead atoms. The maximum Gasteiger partial charge on any atom is 0.387 e. The van der Waals surface area contributed by atoms with Gasteiger partial charge in [-0.2, -0.15) is 8.78 Å². The van der Waals surface area contributed by atoms with Crippen molar-refractivity contribution in [3.8, 4) is 5.75 Å².